The number of nitrogens with one attached hydrogen (secondary N) is 1. The molecule has 0 fully saturated rings. The highest BCUT2D eigenvalue weighted by Crippen LogP contribution is 2.32. The van der Waals surface area contributed by atoms with Gasteiger partial charge >= 0.3 is 0 Å². The van der Waals surface area contributed by atoms with Gasteiger partial charge < -0.3 is 5.32 Å². The van der Waals surface area contributed by atoms with Crippen LogP contribution in [0.2, 0.25) is 0 Å². The minimum atomic E-state index is -0.327. The number of hydrogen-bond donors (Lipinski definition) is 1. The number of nitrogens with zero attached hydrogens (tertiary/aromatic N) is 3. The molecule has 3 aromatic heterocycles. The minimum Gasteiger partial charge on any atom is -0.325 e. The zero-order chi connectivity index (χ0) is 16.2. The van der Waals surface area contributed by atoms with Gasteiger partial charge in [0.05, 0.1) is 10.6 Å². The average molecular weight is 324 g/mol. The van der Waals surface area contributed by atoms with E-state index >= 15 is 0 Å². The molecule has 0 aliphatic rings. The summed E-state index contributed by atoms with van der Waals surface area (Å²) in [5.41, 5.74) is 1.99. The maximum absolute atomic E-state index is 10.7. The molecule has 0 amide bonds. The normalized spacial score (nSPS) is 11.9. The molecular formula is C17H16N4OS. The summed E-state index contributed by atoms with van der Waals surface area (Å²) >= 11 is 1.54. The molecule has 6 heteroatoms. The quantitative estimate of drug-likeness (QED) is 0.664. The maximum Gasteiger partial charge on any atom is 0.132 e. The van der Waals surface area contributed by atoms with Gasteiger partial charge in [0.1, 0.15) is 17.7 Å². The van der Waals surface area contributed by atoms with Crippen molar-refractivity contribution in [2.75, 3.05) is 5.32 Å². The molecule has 1 atom stereocenters. The Hall–Kier alpha value is -2.60. The highest BCUT2D eigenvalue weighted by Gasteiger charge is 2.11. The van der Waals surface area contributed by atoms with Gasteiger partial charge in [-0.25, -0.2) is 9.97 Å². The number of nitroso groups, excluding NO2 is 1. The average Bonchev–Trinajstić information content (AvgIpc) is 3.04. The predicted molar refractivity (Wildman–Crippen MR) is 94.0 cm³/mol. The zero-order valence-electron chi connectivity index (χ0n) is 12.9. The fourth-order valence-electron chi connectivity index (χ4n) is 2.14. The second-order valence-electron chi connectivity index (χ2n) is 5.23. The van der Waals surface area contributed by atoms with Gasteiger partial charge in [0.2, 0.25) is 0 Å². The fourth-order valence-corrected chi connectivity index (χ4v) is 3.10. The molecule has 3 heterocycles. The second kappa shape index (κ2) is 6.66. The summed E-state index contributed by atoms with van der Waals surface area (Å²) in [6, 6.07) is 13.3. The third-order valence-corrected chi connectivity index (χ3v) is 4.65. The Kier molecular flexibility index (Phi) is 4.43. The van der Waals surface area contributed by atoms with Crippen LogP contribution >= 0.6 is 11.3 Å². The molecule has 0 aromatic carbocycles. The lowest BCUT2D eigenvalue weighted by molar-refractivity contribution is 0.831. The van der Waals surface area contributed by atoms with Crippen LogP contribution in [0.5, 0.6) is 0 Å². The molecule has 23 heavy (non-hydrogen) atoms. The van der Waals surface area contributed by atoms with Gasteiger partial charge in [0.25, 0.3) is 0 Å². The van der Waals surface area contributed by atoms with Gasteiger partial charge in [-0.2, -0.15) is 4.91 Å². The van der Waals surface area contributed by atoms with Crippen molar-refractivity contribution in [3.63, 3.8) is 0 Å². The maximum atomic E-state index is 10.7. The first-order valence-electron chi connectivity index (χ1n) is 7.25. The molecular weight excluding hydrogens is 308 g/mol. The van der Waals surface area contributed by atoms with Gasteiger partial charge in [-0.15, -0.1) is 11.3 Å². The highest BCUT2D eigenvalue weighted by molar-refractivity contribution is 7.15. The molecule has 3 aromatic rings. The fraction of sp³-hybridized carbons (Fsp3) is 0.176. The standard InChI is InChI=1S/C17H16N4OS/c1-11-8-9-18-17(10-11)20-16-5-3-4-13(19-16)15-7-6-14(23-15)12(2)21-22/h3-10,12H,1-2H3,(H,18,19,20). The van der Waals surface area contributed by atoms with Crippen molar-refractivity contribution in [1.29, 1.82) is 0 Å². The van der Waals surface area contributed by atoms with E-state index in [9.17, 15) is 4.91 Å². The Balaban J connectivity index is 1.85. The smallest absolute Gasteiger partial charge is 0.132 e. The van der Waals surface area contributed by atoms with Gasteiger partial charge in [0, 0.05) is 11.1 Å². The Morgan fingerprint density at radius 2 is 2.04 bits per heavy atom. The summed E-state index contributed by atoms with van der Waals surface area (Å²) in [7, 11) is 0. The highest BCUT2D eigenvalue weighted by atomic mass is 32.1. The first-order chi connectivity index (χ1) is 11.2. The molecule has 3 rings (SSSR count). The Morgan fingerprint density at radius 1 is 1.17 bits per heavy atom. The van der Waals surface area contributed by atoms with E-state index in [1.165, 1.54) is 11.3 Å². The van der Waals surface area contributed by atoms with Gasteiger partial charge in [-0.1, -0.05) is 11.2 Å². The largest absolute Gasteiger partial charge is 0.325 e. The number of hydrogen-bond acceptors (Lipinski definition) is 6. The molecule has 0 radical (unpaired) electrons. The second-order valence-corrected chi connectivity index (χ2v) is 6.35. The summed E-state index contributed by atoms with van der Waals surface area (Å²) < 4.78 is 0. The van der Waals surface area contributed by atoms with Crippen LogP contribution in [-0.4, -0.2) is 9.97 Å². The molecule has 0 aliphatic heterocycles. The number of thiophene rings is 1. The van der Waals surface area contributed by atoms with E-state index in [1.807, 2.05) is 49.4 Å². The number of anilines is 2. The summed E-state index contributed by atoms with van der Waals surface area (Å²) in [4.78, 5) is 21.5. The van der Waals surface area contributed by atoms with Crippen LogP contribution in [0.3, 0.4) is 0 Å². The zero-order valence-corrected chi connectivity index (χ0v) is 13.7. The Labute approximate surface area is 138 Å². The van der Waals surface area contributed by atoms with Crippen molar-refractivity contribution in [2.45, 2.75) is 19.9 Å². The van der Waals surface area contributed by atoms with Crippen LogP contribution in [-0.2, 0) is 0 Å². The van der Waals surface area contributed by atoms with Crippen molar-refractivity contribution in [1.82, 2.24) is 9.97 Å². The lowest BCUT2D eigenvalue weighted by atomic mass is 10.2. The molecule has 0 spiro atoms. The number of aryl methyl sites for hydroxylation is 1. The van der Waals surface area contributed by atoms with Crippen LogP contribution in [0.4, 0.5) is 11.6 Å². The van der Waals surface area contributed by atoms with Crippen molar-refractivity contribution in [3.8, 4) is 10.6 Å². The SMILES string of the molecule is Cc1ccnc(Nc2cccc(-c3ccc(C(C)N=O)s3)n2)c1. The number of rotatable bonds is 5. The summed E-state index contributed by atoms with van der Waals surface area (Å²) in [6.07, 6.45) is 1.76. The van der Waals surface area contributed by atoms with E-state index in [4.69, 9.17) is 0 Å². The summed E-state index contributed by atoms with van der Waals surface area (Å²) in [5.74, 6) is 1.50. The minimum absolute atomic E-state index is 0.327. The topological polar surface area (TPSA) is 67.2 Å². The molecule has 1 N–H and O–H groups in total. The van der Waals surface area contributed by atoms with E-state index in [-0.39, 0.29) is 6.04 Å². The number of pyridine rings is 2. The molecule has 0 saturated heterocycles. The molecule has 5 nitrogen and oxygen atoms in total. The van der Waals surface area contributed by atoms with Crippen LogP contribution in [0, 0.1) is 11.8 Å². The van der Waals surface area contributed by atoms with E-state index in [2.05, 4.69) is 20.5 Å². The van der Waals surface area contributed by atoms with Crippen LogP contribution in [0.1, 0.15) is 23.4 Å². The lowest BCUT2D eigenvalue weighted by Gasteiger charge is -2.06. The predicted octanol–water partition coefficient (Wildman–Crippen LogP) is 5.08. The van der Waals surface area contributed by atoms with E-state index < -0.39 is 0 Å². The third kappa shape index (κ3) is 3.60. The molecule has 0 bridgehead atoms. The summed E-state index contributed by atoms with van der Waals surface area (Å²) in [6.45, 7) is 3.81. The molecule has 116 valence electrons. The van der Waals surface area contributed by atoms with Gasteiger partial charge in [-0.05, 0) is 55.8 Å². The Bertz CT molecular complexity index is 831. The molecule has 0 aliphatic carbocycles. The monoisotopic (exact) mass is 324 g/mol. The van der Waals surface area contributed by atoms with E-state index in [0.717, 1.165) is 32.6 Å². The first kappa shape index (κ1) is 15.3. The van der Waals surface area contributed by atoms with Crippen LogP contribution in [0.15, 0.2) is 53.8 Å². The van der Waals surface area contributed by atoms with Crippen molar-refractivity contribution < 1.29 is 0 Å². The van der Waals surface area contributed by atoms with E-state index in [0.29, 0.717) is 0 Å². The first-order valence-corrected chi connectivity index (χ1v) is 8.06. The third-order valence-electron chi connectivity index (χ3n) is 3.37. The molecule has 1 unspecified atom stereocenters. The van der Waals surface area contributed by atoms with E-state index in [1.54, 1.807) is 13.1 Å². The number of aromatic nitrogens is 2. The molecule has 0 saturated carbocycles. The van der Waals surface area contributed by atoms with Crippen molar-refractivity contribution >= 4 is 23.0 Å². The van der Waals surface area contributed by atoms with Gasteiger partial charge in [-0.3, -0.25) is 0 Å². The van der Waals surface area contributed by atoms with Crippen molar-refractivity contribution in [3.05, 3.63) is 64.0 Å². The summed E-state index contributed by atoms with van der Waals surface area (Å²) in [5, 5.41) is 6.28. The van der Waals surface area contributed by atoms with Crippen LogP contribution in [0.25, 0.3) is 10.6 Å². The van der Waals surface area contributed by atoms with Crippen molar-refractivity contribution in [2.24, 2.45) is 5.18 Å². The van der Waals surface area contributed by atoms with Crippen LogP contribution < -0.4 is 5.32 Å². The Morgan fingerprint density at radius 3 is 2.83 bits per heavy atom. The lowest BCUT2D eigenvalue weighted by Crippen LogP contribution is -1.96. The van der Waals surface area contributed by atoms with Gasteiger partial charge in [0.15, 0.2) is 0 Å².